The number of benzene rings is 1. The highest BCUT2D eigenvalue weighted by Gasteiger charge is 2.10. The Morgan fingerprint density at radius 1 is 1.33 bits per heavy atom. The highest BCUT2D eigenvalue weighted by molar-refractivity contribution is 5.72. The van der Waals surface area contributed by atoms with Crippen molar-refractivity contribution in [2.45, 2.75) is 6.54 Å². The van der Waals surface area contributed by atoms with Crippen molar-refractivity contribution in [2.24, 2.45) is 7.05 Å². The summed E-state index contributed by atoms with van der Waals surface area (Å²) in [6.45, 7) is 0.405. The molecule has 0 saturated heterocycles. The van der Waals surface area contributed by atoms with E-state index in [9.17, 15) is 9.18 Å². The molecule has 21 heavy (non-hydrogen) atoms. The van der Waals surface area contributed by atoms with Gasteiger partial charge in [-0.25, -0.2) is 9.37 Å². The molecule has 0 radical (unpaired) electrons. The maximum atomic E-state index is 12.9. The Hall–Kier alpha value is -2.70. The summed E-state index contributed by atoms with van der Waals surface area (Å²) in [5, 5.41) is 4.49. The Kier molecular flexibility index (Phi) is 3.17. The van der Waals surface area contributed by atoms with Crippen LogP contribution in [0.2, 0.25) is 0 Å². The first kappa shape index (κ1) is 13.3. The third kappa shape index (κ3) is 2.49. The van der Waals surface area contributed by atoms with Crippen LogP contribution in [0.5, 0.6) is 0 Å². The van der Waals surface area contributed by atoms with Crippen LogP contribution < -0.4 is 10.5 Å². The van der Waals surface area contributed by atoms with E-state index in [0.29, 0.717) is 23.4 Å². The first-order chi connectivity index (χ1) is 10.0. The lowest BCUT2D eigenvalue weighted by atomic mass is 10.3. The van der Waals surface area contributed by atoms with Gasteiger partial charge in [-0.2, -0.15) is 5.10 Å². The molecule has 0 aliphatic rings. The van der Waals surface area contributed by atoms with Gasteiger partial charge in [0.05, 0.1) is 12.7 Å². The van der Waals surface area contributed by atoms with Crippen LogP contribution in [-0.4, -0.2) is 26.8 Å². The molecule has 0 bridgehead atoms. The standard InChI is InChI=1S/C14H14FN5O/c1-19(10-5-3-9(15)4-6-10)8-12-17-13-11(14(21)18-12)7-16-20(13)2/h3-7H,8H2,1-2H3,(H,17,18,21). The van der Waals surface area contributed by atoms with Crippen LogP contribution in [0, 0.1) is 5.82 Å². The molecule has 7 heteroatoms. The van der Waals surface area contributed by atoms with Gasteiger partial charge in [-0.05, 0) is 24.3 Å². The molecule has 6 nitrogen and oxygen atoms in total. The third-order valence-corrected chi connectivity index (χ3v) is 3.31. The SMILES string of the molecule is CN(Cc1nc2c(cnn2C)c(=O)[nH]1)c1ccc(F)cc1. The molecule has 0 unspecified atom stereocenters. The molecule has 2 heterocycles. The van der Waals surface area contributed by atoms with Crippen molar-refractivity contribution in [2.75, 3.05) is 11.9 Å². The maximum absolute atomic E-state index is 12.9. The van der Waals surface area contributed by atoms with E-state index in [1.807, 2.05) is 11.9 Å². The van der Waals surface area contributed by atoms with E-state index in [2.05, 4.69) is 15.1 Å². The number of fused-ring (bicyclic) bond motifs is 1. The number of hydrogen-bond donors (Lipinski definition) is 1. The topological polar surface area (TPSA) is 66.8 Å². The zero-order valence-corrected chi connectivity index (χ0v) is 11.7. The van der Waals surface area contributed by atoms with Crippen molar-refractivity contribution in [3.05, 3.63) is 52.5 Å². The zero-order valence-electron chi connectivity index (χ0n) is 11.7. The number of anilines is 1. The molecule has 108 valence electrons. The van der Waals surface area contributed by atoms with Gasteiger partial charge in [-0.3, -0.25) is 9.48 Å². The largest absolute Gasteiger partial charge is 0.367 e. The first-order valence-corrected chi connectivity index (χ1v) is 6.42. The molecule has 1 aromatic carbocycles. The van der Waals surface area contributed by atoms with Crippen molar-refractivity contribution in [3.63, 3.8) is 0 Å². The lowest BCUT2D eigenvalue weighted by molar-refractivity contribution is 0.627. The molecule has 1 N–H and O–H groups in total. The van der Waals surface area contributed by atoms with Crippen molar-refractivity contribution >= 4 is 16.7 Å². The second-order valence-corrected chi connectivity index (χ2v) is 4.85. The predicted octanol–water partition coefficient (Wildman–Crippen LogP) is 1.43. The van der Waals surface area contributed by atoms with Gasteiger partial charge in [0.1, 0.15) is 17.0 Å². The van der Waals surface area contributed by atoms with E-state index in [0.717, 1.165) is 5.69 Å². The summed E-state index contributed by atoms with van der Waals surface area (Å²) < 4.78 is 14.5. The van der Waals surface area contributed by atoms with Crippen LogP contribution in [0.3, 0.4) is 0 Å². The van der Waals surface area contributed by atoms with Crippen LogP contribution >= 0.6 is 0 Å². The molecule has 0 saturated carbocycles. The zero-order chi connectivity index (χ0) is 15.0. The molecular weight excluding hydrogens is 273 g/mol. The minimum atomic E-state index is -0.282. The Balaban J connectivity index is 1.92. The second-order valence-electron chi connectivity index (χ2n) is 4.85. The number of aryl methyl sites for hydroxylation is 1. The molecule has 0 fully saturated rings. The summed E-state index contributed by atoms with van der Waals surface area (Å²) in [6.07, 6.45) is 1.49. The molecule has 3 aromatic rings. The van der Waals surface area contributed by atoms with Crippen molar-refractivity contribution in [1.29, 1.82) is 0 Å². The van der Waals surface area contributed by atoms with Gasteiger partial charge in [-0.15, -0.1) is 0 Å². The average Bonchev–Trinajstić information content (AvgIpc) is 2.82. The second kappa shape index (κ2) is 5.01. The monoisotopic (exact) mass is 287 g/mol. The van der Waals surface area contributed by atoms with Crippen LogP contribution in [-0.2, 0) is 13.6 Å². The summed E-state index contributed by atoms with van der Waals surface area (Å²) >= 11 is 0. The summed E-state index contributed by atoms with van der Waals surface area (Å²) in [5.74, 6) is 0.248. The van der Waals surface area contributed by atoms with E-state index >= 15 is 0 Å². The van der Waals surface area contributed by atoms with Crippen LogP contribution in [0.1, 0.15) is 5.82 Å². The fourth-order valence-corrected chi connectivity index (χ4v) is 2.16. The number of aromatic amines is 1. The van der Waals surface area contributed by atoms with E-state index < -0.39 is 0 Å². The smallest absolute Gasteiger partial charge is 0.262 e. The van der Waals surface area contributed by atoms with Crippen LogP contribution in [0.4, 0.5) is 10.1 Å². The Morgan fingerprint density at radius 3 is 2.76 bits per heavy atom. The van der Waals surface area contributed by atoms with Crippen molar-refractivity contribution < 1.29 is 4.39 Å². The summed E-state index contributed by atoms with van der Waals surface area (Å²) in [5.41, 5.74) is 1.17. The molecule has 0 amide bonds. The maximum Gasteiger partial charge on any atom is 0.262 e. The highest BCUT2D eigenvalue weighted by Crippen LogP contribution is 2.15. The summed E-state index contributed by atoms with van der Waals surface area (Å²) in [7, 11) is 3.59. The number of H-pyrrole nitrogens is 1. The Labute approximate surface area is 119 Å². The lowest BCUT2D eigenvalue weighted by Crippen LogP contribution is -2.21. The molecule has 0 aliphatic heterocycles. The number of aromatic nitrogens is 4. The fraction of sp³-hybridized carbons (Fsp3) is 0.214. The van der Waals surface area contributed by atoms with E-state index in [1.54, 1.807) is 23.9 Å². The van der Waals surface area contributed by atoms with Gasteiger partial charge in [0.15, 0.2) is 5.65 Å². The average molecular weight is 287 g/mol. The van der Waals surface area contributed by atoms with Gasteiger partial charge in [0.2, 0.25) is 0 Å². The molecule has 0 spiro atoms. The van der Waals surface area contributed by atoms with Gasteiger partial charge in [-0.1, -0.05) is 0 Å². The van der Waals surface area contributed by atoms with E-state index in [1.165, 1.54) is 18.3 Å². The first-order valence-electron chi connectivity index (χ1n) is 6.42. The van der Waals surface area contributed by atoms with Crippen molar-refractivity contribution in [3.8, 4) is 0 Å². The molecular formula is C14H14FN5O. The Morgan fingerprint density at radius 2 is 2.05 bits per heavy atom. The van der Waals surface area contributed by atoms with E-state index in [4.69, 9.17) is 0 Å². The molecule has 0 aliphatic carbocycles. The van der Waals surface area contributed by atoms with E-state index in [-0.39, 0.29) is 11.4 Å². The number of nitrogens with zero attached hydrogens (tertiary/aromatic N) is 4. The molecule has 2 aromatic heterocycles. The van der Waals surface area contributed by atoms with Gasteiger partial charge in [0, 0.05) is 19.8 Å². The Bertz CT molecular complexity index is 837. The number of nitrogens with one attached hydrogen (secondary N) is 1. The lowest BCUT2D eigenvalue weighted by Gasteiger charge is -2.18. The normalized spacial score (nSPS) is 11.0. The highest BCUT2D eigenvalue weighted by atomic mass is 19.1. The van der Waals surface area contributed by atoms with Crippen molar-refractivity contribution in [1.82, 2.24) is 19.7 Å². The summed E-state index contributed by atoms with van der Waals surface area (Å²) in [4.78, 5) is 21.0. The number of halogens is 1. The van der Waals surface area contributed by atoms with Crippen LogP contribution in [0.15, 0.2) is 35.3 Å². The van der Waals surface area contributed by atoms with Crippen LogP contribution in [0.25, 0.3) is 11.0 Å². The van der Waals surface area contributed by atoms with Gasteiger partial charge in [0.25, 0.3) is 5.56 Å². The fourth-order valence-electron chi connectivity index (χ4n) is 2.16. The minimum absolute atomic E-state index is 0.212. The number of rotatable bonds is 3. The summed E-state index contributed by atoms with van der Waals surface area (Å²) in [6, 6.07) is 6.14. The van der Waals surface area contributed by atoms with Gasteiger partial charge >= 0.3 is 0 Å². The quantitative estimate of drug-likeness (QED) is 0.791. The number of hydrogen-bond acceptors (Lipinski definition) is 4. The van der Waals surface area contributed by atoms with Gasteiger partial charge < -0.3 is 9.88 Å². The molecule has 0 atom stereocenters. The third-order valence-electron chi connectivity index (χ3n) is 3.31. The molecule has 3 rings (SSSR count). The minimum Gasteiger partial charge on any atom is -0.367 e. The predicted molar refractivity (Wildman–Crippen MR) is 77.6 cm³/mol.